The lowest BCUT2D eigenvalue weighted by Gasteiger charge is -2.35. The van der Waals surface area contributed by atoms with E-state index in [0.717, 1.165) is 31.2 Å². The summed E-state index contributed by atoms with van der Waals surface area (Å²) in [6.07, 6.45) is 1.30. The van der Waals surface area contributed by atoms with Crippen molar-refractivity contribution in [1.29, 1.82) is 0 Å². The summed E-state index contributed by atoms with van der Waals surface area (Å²) in [5.74, 6) is 0.792. The Balaban J connectivity index is 1.86. The molecule has 2 rings (SSSR count). The molecule has 1 saturated heterocycles. The fourth-order valence-corrected chi connectivity index (χ4v) is 3.11. The molecular formula is C17H32N4O. The minimum absolute atomic E-state index is 0.149. The van der Waals surface area contributed by atoms with Gasteiger partial charge in [-0.25, -0.2) is 0 Å². The standard InChI is InChI=1S/C17H32N4O/c1-14(2)5-6-19-7-9-20(10-8-19)13-17-15(3)18-21(11-12-22)16(17)4/h14,22H,5-13H2,1-4H3. The van der Waals surface area contributed by atoms with Gasteiger partial charge in [0.15, 0.2) is 0 Å². The summed E-state index contributed by atoms with van der Waals surface area (Å²) >= 11 is 0. The van der Waals surface area contributed by atoms with Gasteiger partial charge in [0.1, 0.15) is 0 Å². The van der Waals surface area contributed by atoms with E-state index in [0.29, 0.717) is 6.54 Å². The van der Waals surface area contributed by atoms with E-state index in [1.807, 2.05) is 4.68 Å². The number of hydrogen-bond acceptors (Lipinski definition) is 4. The second-order valence-electron chi connectivity index (χ2n) is 6.90. The lowest BCUT2D eigenvalue weighted by Crippen LogP contribution is -2.46. The second kappa shape index (κ2) is 8.09. The van der Waals surface area contributed by atoms with Gasteiger partial charge in [-0.2, -0.15) is 5.10 Å². The average Bonchev–Trinajstić information content (AvgIpc) is 2.74. The Morgan fingerprint density at radius 2 is 1.68 bits per heavy atom. The average molecular weight is 308 g/mol. The summed E-state index contributed by atoms with van der Waals surface area (Å²) in [6.45, 7) is 16.4. The summed E-state index contributed by atoms with van der Waals surface area (Å²) < 4.78 is 1.93. The Bertz CT molecular complexity index is 461. The van der Waals surface area contributed by atoms with Crippen molar-refractivity contribution in [1.82, 2.24) is 19.6 Å². The Hall–Kier alpha value is -0.910. The summed E-state index contributed by atoms with van der Waals surface area (Å²) in [5.41, 5.74) is 3.64. The molecule has 0 amide bonds. The predicted octanol–water partition coefficient (Wildman–Crippen LogP) is 1.66. The monoisotopic (exact) mass is 308 g/mol. The topological polar surface area (TPSA) is 44.5 Å². The van der Waals surface area contributed by atoms with Crippen LogP contribution in [0.1, 0.15) is 37.2 Å². The maximum atomic E-state index is 9.11. The molecule has 0 unspecified atom stereocenters. The molecule has 0 spiro atoms. The van der Waals surface area contributed by atoms with Crippen molar-refractivity contribution >= 4 is 0 Å². The first kappa shape index (κ1) is 17.4. The van der Waals surface area contributed by atoms with Gasteiger partial charge in [0.2, 0.25) is 0 Å². The van der Waals surface area contributed by atoms with Crippen LogP contribution in [-0.4, -0.2) is 64.0 Å². The molecule has 5 nitrogen and oxygen atoms in total. The SMILES string of the molecule is Cc1nn(CCO)c(C)c1CN1CCN(CCC(C)C)CC1. The van der Waals surface area contributed by atoms with Crippen molar-refractivity contribution in [3.8, 4) is 0 Å². The van der Waals surface area contributed by atoms with Gasteiger partial charge in [0.25, 0.3) is 0 Å². The van der Waals surface area contributed by atoms with Crippen LogP contribution in [0.3, 0.4) is 0 Å². The number of aliphatic hydroxyl groups is 1. The number of nitrogens with zero attached hydrogens (tertiary/aromatic N) is 4. The van der Waals surface area contributed by atoms with Crippen LogP contribution in [0.2, 0.25) is 0 Å². The van der Waals surface area contributed by atoms with Crippen molar-refractivity contribution in [3.05, 3.63) is 17.0 Å². The van der Waals surface area contributed by atoms with Gasteiger partial charge in [-0.3, -0.25) is 9.58 Å². The predicted molar refractivity (Wildman–Crippen MR) is 90.0 cm³/mol. The molecule has 0 saturated carbocycles. The molecular weight excluding hydrogens is 276 g/mol. The first-order chi connectivity index (χ1) is 10.5. The smallest absolute Gasteiger partial charge is 0.0644 e. The number of aliphatic hydroxyl groups excluding tert-OH is 1. The van der Waals surface area contributed by atoms with Gasteiger partial charge in [-0.1, -0.05) is 13.8 Å². The van der Waals surface area contributed by atoms with Crippen LogP contribution in [-0.2, 0) is 13.1 Å². The van der Waals surface area contributed by atoms with E-state index in [-0.39, 0.29) is 6.61 Å². The van der Waals surface area contributed by atoms with Gasteiger partial charge in [-0.15, -0.1) is 0 Å². The van der Waals surface area contributed by atoms with E-state index in [9.17, 15) is 0 Å². The van der Waals surface area contributed by atoms with Crippen LogP contribution in [0, 0.1) is 19.8 Å². The van der Waals surface area contributed by atoms with E-state index in [1.165, 1.54) is 37.3 Å². The van der Waals surface area contributed by atoms with Crippen LogP contribution >= 0.6 is 0 Å². The molecule has 0 radical (unpaired) electrons. The van der Waals surface area contributed by atoms with Crippen molar-refractivity contribution in [2.45, 2.75) is 47.2 Å². The summed E-state index contributed by atoms with van der Waals surface area (Å²) in [4.78, 5) is 5.12. The Kier molecular flexibility index (Phi) is 6.41. The van der Waals surface area contributed by atoms with E-state index >= 15 is 0 Å². The zero-order valence-corrected chi connectivity index (χ0v) is 14.7. The van der Waals surface area contributed by atoms with Crippen molar-refractivity contribution in [2.75, 3.05) is 39.3 Å². The van der Waals surface area contributed by atoms with Crippen LogP contribution < -0.4 is 0 Å². The molecule has 1 aromatic heterocycles. The summed E-state index contributed by atoms with van der Waals surface area (Å²) in [5, 5.41) is 13.7. The van der Waals surface area contributed by atoms with Crippen molar-refractivity contribution < 1.29 is 5.11 Å². The quantitative estimate of drug-likeness (QED) is 0.832. The number of aryl methyl sites for hydroxylation is 1. The van der Waals surface area contributed by atoms with Crippen molar-refractivity contribution in [3.63, 3.8) is 0 Å². The number of piperazine rings is 1. The van der Waals surface area contributed by atoms with Crippen LogP contribution in [0.4, 0.5) is 0 Å². The zero-order chi connectivity index (χ0) is 16.1. The van der Waals surface area contributed by atoms with E-state index in [2.05, 4.69) is 42.6 Å². The number of aromatic nitrogens is 2. The summed E-state index contributed by atoms with van der Waals surface area (Å²) in [6, 6.07) is 0. The highest BCUT2D eigenvalue weighted by Crippen LogP contribution is 2.17. The fraction of sp³-hybridized carbons (Fsp3) is 0.824. The minimum atomic E-state index is 0.149. The van der Waals surface area contributed by atoms with Crippen LogP contribution in [0.25, 0.3) is 0 Å². The van der Waals surface area contributed by atoms with Gasteiger partial charge in [0.05, 0.1) is 18.8 Å². The molecule has 1 fully saturated rings. The minimum Gasteiger partial charge on any atom is -0.394 e. The molecule has 0 bridgehead atoms. The Morgan fingerprint density at radius 3 is 2.27 bits per heavy atom. The van der Waals surface area contributed by atoms with E-state index < -0.39 is 0 Å². The second-order valence-corrected chi connectivity index (χ2v) is 6.90. The molecule has 0 atom stereocenters. The van der Waals surface area contributed by atoms with E-state index in [1.54, 1.807) is 0 Å². The molecule has 126 valence electrons. The molecule has 1 aliphatic heterocycles. The normalized spacial score (nSPS) is 17.5. The molecule has 1 aliphatic rings. The molecule has 1 aromatic rings. The Labute approximate surface area is 134 Å². The summed E-state index contributed by atoms with van der Waals surface area (Å²) in [7, 11) is 0. The van der Waals surface area contributed by atoms with E-state index in [4.69, 9.17) is 5.11 Å². The van der Waals surface area contributed by atoms with Crippen molar-refractivity contribution in [2.24, 2.45) is 5.92 Å². The van der Waals surface area contributed by atoms with Gasteiger partial charge >= 0.3 is 0 Å². The largest absolute Gasteiger partial charge is 0.394 e. The third kappa shape index (κ3) is 4.54. The lowest BCUT2D eigenvalue weighted by atomic mass is 10.1. The molecule has 0 aliphatic carbocycles. The third-order valence-corrected chi connectivity index (χ3v) is 4.71. The van der Waals surface area contributed by atoms with Gasteiger partial charge < -0.3 is 10.0 Å². The molecule has 0 aromatic carbocycles. The lowest BCUT2D eigenvalue weighted by molar-refractivity contribution is 0.122. The number of hydrogen-bond donors (Lipinski definition) is 1. The maximum Gasteiger partial charge on any atom is 0.0644 e. The van der Waals surface area contributed by atoms with Crippen LogP contribution in [0.5, 0.6) is 0 Å². The highest BCUT2D eigenvalue weighted by Gasteiger charge is 2.20. The number of rotatable bonds is 7. The molecule has 1 N–H and O–H groups in total. The zero-order valence-electron chi connectivity index (χ0n) is 14.7. The van der Waals surface area contributed by atoms with Gasteiger partial charge in [0, 0.05) is 44.0 Å². The first-order valence-corrected chi connectivity index (χ1v) is 8.59. The Morgan fingerprint density at radius 1 is 1.05 bits per heavy atom. The highest BCUT2D eigenvalue weighted by molar-refractivity contribution is 5.24. The highest BCUT2D eigenvalue weighted by atomic mass is 16.3. The maximum absolute atomic E-state index is 9.11. The third-order valence-electron chi connectivity index (χ3n) is 4.71. The molecule has 5 heteroatoms. The van der Waals surface area contributed by atoms with Gasteiger partial charge in [-0.05, 0) is 32.7 Å². The van der Waals surface area contributed by atoms with Crippen LogP contribution in [0.15, 0.2) is 0 Å². The fourth-order valence-electron chi connectivity index (χ4n) is 3.11. The first-order valence-electron chi connectivity index (χ1n) is 8.59. The molecule has 2 heterocycles. The molecule has 22 heavy (non-hydrogen) atoms.